The second-order valence-corrected chi connectivity index (χ2v) is 9.02. The number of carbonyl (C=O) groups is 2. The predicted octanol–water partition coefficient (Wildman–Crippen LogP) is 4.05. The number of fused-ring (bicyclic) bond motifs is 1. The molecule has 0 amide bonds. The van der Waals surface area contributed by atoms with Crippen LogP contribution < -0.4 is 4.74 Å². The number of para-hydroxylation sites is 1. The highest BCUT2D eigenvalue weighted by Gasteiger charge is 2.80. The first-order valence-corrected chi connectivity index (χ1v) is 9.66. The standard InChI is InChI=1S/C23H24O4/c1-13(2)9-10-22-20(25)14-11-16-19(24)15-7-5-6-8-17(15)26-23(16,22)18(12-14)21(3,4)27-22/h5-9,11,14,18H,10,12H2,1-4H3/t14-,18+,22?,23-/m1/s1. The van der Waals surface area contributed by atoms with E-state index in [1.807, 2.05) is 58.0 Å². The van der Waals surface area contributed by atoms with Gasteiger partial charge in [-0.2, -0.15) is 0 Å². The van der Waals surface area contributed by atoms with Gasteiger partial charge in [0, 0.05) is 23.8 Å². The Morgan fingerprint density at radius 1 is 1.22 bits per heavy atom. The van der Waals surface area contributed by atoms with Crippen LogP contribution in [0.3, 0.4) is 0 Å². The van der Waals surface area contributed by atoms with Gasteiger partial charge in [-0.25, -0.2) is 0 Å². The topological polar surface area (TPSA) is 52.6 Å². The molecule has 4 bridgehead atoms. The second kappa shape index (κ2) is 4.99. The summed E-state index contributed by atoms with van der Waals surface area (Å²) in [7, 11) is 0. The van der Waals surface area contributed by atoms with E-state index in [0.29, 0.717) is 29.7 Å². The summed E-state index contributed by atoms with van der Waals surface area (Å²) in [5.41, 5.74) is -0.424. The zero-order valence-corrected chi connectivity index (χ0v) is 16.2. The van der Waals surface area contributed by atoms with Crippen molar-refractivity contribution in [1.29, 1.82) is 0 Å². The van der Waals surface area contributed by atoms with Crippen molar-refractivity contribution in [3.63, 3.8) is 0 Å². The molecule has 6 rings (SSSR count). The molecule has 1 aromatic rings. The lowest BCUT2D eigenvalue weighted by Gasteiger charge is -2.56. The molecule has 1 aromatic carbocycles. The first-order chi connectivity index (χ1) is 12.7. The number of ether oxygens (including phenoxy) is 2. The zero-order valence-electron chi connectivity index (χ0n) is 16.2. The third-order valence-electron chi connectivity index (χ3n) is 6.80. The van der Waals surface area contributed by atoms with Crippen molar-refractivity contribution in [2.24, 2.45) is 11.8 Å². The van der Waals surface area contributed by atoms with E-state index < -0.39 is 16.8 Å². The van der Waals surface area contributed by atoms with Gasteiger partial charge >= 0.3 is 0 Å². The number of hydrogen-bond donors (Lipinski definition) is 0. The summed E-state index contributed by atoms with van der Waals surface area (Å²) in [5.74, 6) is 0.257. The quantitative estimate of drug-likeness (QED) is 0.743. The average molecular weight is 364 g/mol. The van der Waals surface area contributed by atoms with E-state index in [-0.39, 0.29) is 23.4 Å². The van der Waals surface area contributed by atoms with Gasteiger partial charge in [0.25, 0.3) is 0 Å². The van der Waals surface area contributed by atoms with Crippen LogP contribution in [0.1, 0.15) is 50.9 Å². The molecule has 27 heavy (non-hydrogen) atoms. The monoisotopic (exact) mass is 364 g/mol. The van der Waals surface area contributed by atoms with Crippen LogP contribution in [0.2, 0.25) is 0 Å². The Kier molecular flexibility index (Phi) is 3.13. The molecule has 4 nitrogen and oxygen atoms in total. The van der Waals surface area contributed by atoms with Gasteiger partial charge in [0.1, 0.15) is 5.75 Å². The number of ketones is 2. The lowest BCUT2D eigenvalue weighted by Crippen LogP contribution is -2.72. The number of benzene rings is 1. The minimum absolute atomic E-state index is 0.0260. The van der Waals surface area contributed by atoms with Crippen LogP contribution in [0.25, 0.3) is 0 Å². The minimum Gasteiger partial charge on any atom is -0.478 e. The molecule has 2 heterocycles. The van der Waals surface area contributed by atoms with E-state index in [1.165, 1.54) is 0 Å². The Morgan fingerprint density at radius 3 is 2.70 bits per heavy atom. The highest BCUT2D eigenvalue weighted by molar-refractivity contribution is 6.16. The highest BCUT2D eigenvalue weighted by Crippen LogP contribution is 2.67. The molecule has 0 aromatic heterocycles. The maximum absolute atomic E-state index is 13.5. The van der Waals surface area contributed by atoms with Gasteiger partial charge in [0.15, 0.2) is 22.8 Å². The maximum atomic E-state index is 13.5. The molecule has 1 saturated carbocycles. The molecular formula is C23H24O4. The number of Topliss-reactive ketones (excluding diaryl/α,β-unsaturated/α-hetero) is 2. The van der Waals surface area contributed by atoms with Crippen LogP contribution in [-0.4, -0.2) is 28.4 Å². The summed E-state index contributed by atoms with van der Waals surface area (Å²) in [4.78, 5) is 27.0. The van der Waals surface area contributed by atoms with E-state index in [2.05, 4.69) is 0 Å². The summed E-state index contributed by atoms with van der Waals surface area (Å²) in [6, 6.07) is 7.33. The molecular weight excluding hydrogens is 340 g/mol. The average Bonchev–Trinajstić information content (AvgIpc) is 2.78. The lowest BCUT2D eigenvalue weighted by atomic mass is 9.51. The third kappa shape index (κ3) is 1.82. The molecule has 140 valence electrons. The van der Waals surface area contributed by atoms with Crippen molar-refractivity contribution in [2.75, 3.05) is 0 Å². The number of hydrogen-bond acceptors (Lipinski definition) is 4. The minimum atomic E-state index is -1.14. The lowest BCUT2D eigenvalue weighted by molar-refractivity contribution is -0.171. The van der Waals surface area contributed by atoms with E-state index in [1.54, 1.807) is 6.07 Å². The second-order valence-electron chi connectivity index (χ2n) is 9.02. The Morgan fingerprint density at radius 2 is 1.96 bits per heavy atom. The molecule has 2 fully saturated rings. The molecule has 3 aliphatic carbocycles. The third-order valence-corrected chi connectivity index (χ3v) is 6.80. The summed E-state index contributed by atoms with van der Waals surface area (Å²) in [5, 5.41) is 0. The highest BCUT2D eigenvalue weighted by atomic mass is 16.6. The van der Waals surface area contributed by atoms with Crippen molar-refractivity contribution in [3.8, 4) is 5.75 Å². The summed E-state index contributed by atoms with van der Waals surface area (Å²) < 4.78 is 13.2. The first-order valence-electron chi connectivity index (χ1n) is 9.66. The fourth-order valence-electron chi connectivity index (χ4n) is 5.74. The molecule has 2 aliphatic heterocycles. The van der Waals surface area contributed by atoms with Gasteiger partial charge in [-0.1, -0.05) is 29.9 Å². The molecule has 1 unspecified atom stereocenters. The van der Waals surface area contributed by atoms with Gasteiger partial charge < -0.3 is 9.47 Å². The Bertz CT molecular complexity index is 949. The zero-order chi connectivity index (χ0) is 19.2. The van der Waals surface area contributed by atoms with Crippen LogP contribution in [0, 0.1) is 11.8 Å². The molecule has 5 aliphatic rings. The smallest absolute Gasteiger partial charge is 0.196 e. The van der Waals surface area contributed by atoms with Crippen LogP contribution in [0.15, 0.2) is 47.6 Å². The summed E-state index contributed by atoms with van der Waals surface area (Å²) >= 11 is 0. The van der Waals surface area contributed by atoms with Gasteiger partial charge in [0.2, 0.25) is 0 Å². The normalized spacial score (nSPS) is 37.3. The van der Waals surface area contributed by atoms with Gasteiger partial charge in [0.05, 0.1) is 11.2 Å². The molecule has 0 N–H and O–H groups in total. The predicted molar refractivity (Wildman–Crippen MR) is 101 cm³/mol. The van der Waals surface area contributed by atoms with Crippen molar-refractivity contribution in [3.05, 3.63) is 53.1 Å². The number of allylic oxidation sites excluding steroid dienone is 2. The Labute approximate surface area is 159 Å². The van der Waals surface area contributed by atoms with Crippen molar-refractivity contribution < 1.29 is 19.1 Å². The van der Waals surface area contributed by atoms with Crippen molar-refractivity contribution in [2.45, 2.75) is 57.3 Å². The molecule has 1 spiro atoms. The van der Waals surface area contributed by atoms with E-state index in [4.69, 9.17) is 9.47 Å². The van der Waals surface area contributed by atoms with Crippen LogP contribution >= 0.6 is 0 Å². The molecule has 1 saturated heterocycles. The SMILES string of the molecule is CC(C)=CCC12OC(C)(C)[C@@H]3C[C@@H](C=C4C(=O)c5ccccc5O[C@]431)C2=O. The number of rotatable bonds is 2. The van der Waals surface area contributed by atoms with Gasteiger partial charge in [-0.3, -0.25) is 9.59 Å². The molecule has 0 radical (unpaired) electrons. The van der Waals surface area contributed by atoms with Crippen LogP contribution in [0.5, 0.6) is 5.75 Å². The van der Waals surface area contributed by atoms with Gasteiger partial charge in [-0.05, 0) is 46.2 Å². The maximum Gasteiger partial charge on any atom is 0.196 e. The molecule has 4 heteroatoms. The Hall–Kier alpha value is -2.20. The van der Waals surface area contributed by atoms with Crippen LogP contribution in [-0.2, 0) is 9.53 Å². The fraction of sp³-hybridized carbons (Fsp3) is 0.478. The fourth-order valence-corrected chi connectivity index (χ4v) is 5.74. The first kappa shape index (κ1) is 16.9. The Balaban J connectivity index is 1.81. The molecule has 4 atom stereocenters. The summed E-state index contributed by atoms with van der Waals surface area (Å²) in [6.07, 6.45) is 5.00. The largest absolute Gasteiger partial charge is 0.478 e. The van der Waals surface area contributed by atoms with E-state index in [0.717, 1.165) is 5.57 Å². The van der Waals surface area contributed by atoms with Crippen LogP contribution in [0.4, 0.5) is 0 Å². The number of carbonyl (C=O) groups excluding carboxylic acids is 2. The van der Waals surface area contributed by atoms with E-state index in [9.17, 15) is 9.59 Å². The van der Waals surface area contributed by atoms with Crippen molar-refractivity contribution in [1.82, 2.24) is 0 Å². The summed E-state index contributed by atoms with van der Waals surface area (Å²) in [6.45, 7) is 8.07. The van der Waals surface area contributed by atoms with Gasteiger partial charge in [-0.15, -0.1) is 0 Å². The van der Waals surface area contributed by atoms with E-state index >= 15 is 0 Å². The van der Waals surface area contributed by atoms with Crippen molar-refractivity contribution >= 4 is 11.6 Å².